The monoisotopic (exact) mass is 330 g/mol. The van der Waals surface area contributed by atoms with Gasteiger partial charge in [-0.2, -0.15) is 0 Å². The lowest BCUT2D eigenvalue weighted by molar-refractivity contribution is -0.123. The fourth-order valence-electron chi connectivity index (χ4n) is 2.54. The van der Waals surface area contributed by atoms with Crippen molar-refractivity contribution in [1.82, 2.24) is 10.3 Å². The molecule has 3 rings (SSSR count). The van der Waals surface area contributed by atoms with Gasteiger partial charge in [0.2, 0.25) is 0 Å². The van der Waals surface area contributed by atoms with Crippen LogP contribution in [0, 0.1) is 0 Å². The third-order valence-corrected chi connectivity index (χ3v) is 3.64. The van der Waals surface area contributed by atoms with Crippen LogP contribution in [0.2, 0.25) is 0 Å². The van der Waals surface area contributed by atoms with Gasteiger partial charge >= 0.3 is 0 Å². The molecular weight excluding hydrogens is 312 g/mol. The maximum Gasteiger partial charge on any atom is 0.258 e. The van der Waals surface area contributed by atoms with Gasteiger partial charge in [0.05, 0.1) is 30.9 Å². The molecule has 126 valence electrons. The Balaban J connectivity index is 1.74. The molecule has 1 aromatic heterocycles. The Morgan fingerprint density at radius 3 is 2.67 bits per heavy atom. The van der Waals surface area contributed by atoms with Crippen LogP contribution in [0.1, 0.15) is 5.56 Å². The number of methoxy groups -OCH3 is 1. The minimum absolute atomic E-state index is 0.353. The number of amides is 2. The van der Waals surface area contributed by atoms with Crippen LogP contribution >= 0.6 is 0 Å². The number of hydrogen-bond acceptors (Lipinski definition) is 5. The quantitative estimate of drug-likeness (QED) is 0.562. The molecule has 1 aromatic carbocycles. The van der Waals surface area contributed by atoms with Crippen molar-refractivity contribution in [2.75, 3.05) is 33.5 Å². The average Bonchev–Trinajstić information content (AvgIpc) is 3.13. The SMILES string of the molecule is COCCOCCOc1cccc2c(C3=CC(=O)NC3=O)c[nH]c12. The van der Waals surface area contributed by atoms with Crippen LogP contribution in [0.3, 0.4) is 0 Å². The summed E-state index contributed by atoms with van der Waals surface area (Å²) in [6.07, 6.45) is 3.01. The van der Waals surface area contributed by atoms with Crippen LogP contribution in [0.4, 0.5) is 0 Å². The minimum atomic E-state index is -0.398. The highest BCUT2D eigenvalue weighted by atomic mass is 16.5. The fourth-order valence-corrected chi connectivity index (χ4v) is 2.54. The summed E-state index contributed by atoms with van der Waals surface area (Å²) in [5.74, 6) is -0.122. The zero-order valence-electron chi connectivity index (χ0n) is 13.3. The van der Waals surface area contributed by atoms with Gasteiger partial charge in [0, 0.05) is 30.3 Å². The van der Waals surface area contributed by atoms with E-state index in [1.54, 1.807) is 13.3 Å². The van der Waals surface area contributed by atoms with E-state index < -0.39 is 11.8 Å². The summed E-state index contributed by atoms with van der Waals surface area (Å²) < 4.78 is 16.0. The predicted molar refractivity (Wildman–Crippen MR) is 87.6 cm³/mol. The minimum Gasteiger partial charge on any atom is -0.489 e. The van der Waals surface area contributed by atoms with E-state index in [0.717, 1.165) is 10.9 Å². The molecule has 0 radical (unpaired) electrons. The summed E-state index contributed by atoms with van der Waals surface area (Å²) in [4.78, 5) is 26.3. The summed E-state index contributed by atoms with van der Waals surface area (Å²) >= 11 is 0. The van der Waals surface area contributed by atoms with Crippen molar-refractivity contribution in [2.45, 2.75) is 0 Å². The van der Waals surface area contributed by atoms with Gasteiger partial charge in [-0.3, -0.25) is 14.9 Å². The van der Waals surface area contributed by atoms with E-state index in [-0.39, 0.29) is 0 Å². The normalized spacial score (nSPS) is 14.1. The first-order valence-corrected chi connectivity index (χ1v) is 7.57. The molecule has 0 saturated carbocycles. The van der Waals surface area contributed by atoms with Crippen molar-refractivity contribution < 1.29 is 23.8 Å². The molecule has 2 amide bonds. The molecular formula is C17H18N2O5. The number of H-pyrrole nitrogens is 1. The maximum absolute atomic E-state index is 11.8. The van der Waals surface area contributed by atoms with E-state index in [2.05, 4.69) is 10.3 Å². The zero-order chi connectivity index (χ0) is 16.9. The number of carbonyl (C=O) groups excluding carboxylic acids is 2. The largest absolute Gasteiger partial charge is 0.489 e. The van der Waals surface area contributed by atoms with Crippen LogP contribution in [0.5, 0.6) is 5.75 Å². The molecule has 7 heteroatoms. The Kier molecular flexibility index (Phi) is 4.93. The van der Waals surface area contributed by atoms with Gasteiger partial charge in [0.15, 0.2) is 0 Å². The number of aromatic nitrogens is 1. The first-order chi connectivity index (χ1) is 11.7. The number of nitrogens with one attached hydrogen (secondary N) is 2. The van der Waals surface area contributed by atoms with Crippen LogP contribution in [-0.2, 0) is 19.1 Å². The average molecular weight is 330 g/mol. The smallest absolute Gasteiger partial charge is 0.258 e. The van der Waals surface area contributed by atoms with E-state index in [9.17, 15) is 9.59 Å². The van der Waals surface area contributed by atoms with Crippen molar-refractivity contribution in [3.05, 3.63) is 36.0 Å². The Bertz CT molecular complexity index is 793. The molecule has 7 nitrogen and oxygen atoms in total. The van der Waals surface area contributed by atoms with Crippen molar-refractivity contribution in [1.29, 1.82) is 0 Å². The molecule has 0 aliphatic carbocycles. The third kappa shape index (κ3) is 3.32. The topological polar surface area (TPSA) is 89.7 Å². The number of imide groups is 1. The van der Waals surface area contributed by atoms with Crippen molar-refractivity contribution >= 4 is 28.3 Å². The second-order valence-electron chi connectivity index (χ2n) is 5.21. The zero-order valence-corrected chi connectivity index (χ0v) is 13.3. The molecule has 1 aliphatic heterocycles. The third-order valence-electron chi connectivity index (χ3n) is 3.64. The Morgan fingerprint density at radius 2 is 1.92 bits per heavy atom. The second-order valence-corrected chi connectivity index (χ2v) is 5.21. The lowest BCUT2D eigenvalue weighted by atomic mass is 10.1. The first-order valence-electron chi connectivity index (χ1n) is 7.57. The van der Waals surface area contributed by atoms with Crippen LogP contribution in [0.25, 0.3) is 16.5 Å². The van der Waals surface area contributed by atoms with Crippen molar-refractivity contribution in [3.63, 3.8) is 0 Å². The predicted octanol–water partition coefficient (Wildman–Crippen LogP) is 1.25. The number of fused-ring (bicyclic) bond motifs is 1. The molecule has 0 saturated heterocycles. The van der Waals surface area contributed by atoms with Crippen molar-refractivity contribution in [3.8, 4) is 5.75 Å². The summed E-state index contributed by atoms with van der Waals surface area (Å²) in [6, 6.07) is 5.56. The van der Waals surface area contributed by atoms with Gasteiger partial charge in [0.25, 0.3) is 11.8 Å². The van der Waals surface area contributed by atoms with Gasteiger partial charge in [-0.15, -0.1) is 0 Å². The lowest BCUT2D eigenvalue weighted by Gasteiger charge is -2.08. The molecule has 0 unspecified atom stereocenters. The molecule has 2 N–H and O–H groups in total. The van der Waals surface area contributed by atoms with E-state index in [1.807, 2.05) is 18.2 Å². The molecule has 24 heavy (non-hydrogen) atoms. The Labute approximate surface area is 138 Å². The first kappa shape index (κ1) is 16.2. The van der Waals surface area contributed by atoms with Gasteiger partial charge in [0.1, 0.15) is 12.4 Å². The van der Waals surface area contributed by atoms with E-state index in [4.69, 9.17) is 14.2 Å². The number of ether oxygens (including phenoxy) is 3. The summed E-state index contributed by atoms with van der Waals surface area (Å²) in [7, 11) is 1.62. The molecule has 1 aliphatic rings. The second kappa shape index (κ2) is 7.29. The Morgan fingerprint density at radius 1 is 1.08 bits per heavy atom. The van der Waals surface area contributed by atoms with Crippen molar-refractivity contribution in [2.24, 2.45) is 0 Å². The molecule has 0 spiro atoms. The number of para-hydroxylation sites is 1. The number of rotatable bonds is 8. The number of hydrogen-bond donors (Lipinski definition) is 2. The van der Waals surface area contributed by atoms with E-state index >= 15 is 0 Å². The molecule has 2 heterocycles. The molecule has 0 atom stereocenters. The molecule has 0 fully saturated rings. The van der Waals surface area contributed by atoms with Crippen LogP contribution < -0.4 is 10.1 Å². The maximum atomic E-state index is 11.8. The molecule has 2 aromatic rings. The van der Waals surface area contributed by atoms with Crippen LogP contribution in [-0.4, -0.2) is 50.3 Å². The van der Waals surface area contributed by atoms with Gasteiger partial charge in [-0.1, -0.05) is 12.1 Å². The lowest BCUT2D eigenvalue weighted by Crippen LogP contribution is -2.21. The van der Waals surface area contributed by atoms with E-state index in [1.165, 1.54) is 6.08 Å². The highest BCUT2D eigenvalue weighted by Gasteiger charge is 2.24. The summed E-state index contributed by atoms with van der Waals surface area (Å²) in [6.45, 7) is 1.92. The molecule has 0 bridgehead atoms. The Hall–Kier alpha value is -2.64. The standard InChI is InChI=1S/C17H18N2O5/c1-22-5-6-23-7-8-24-14-4-2-3-11-13(10-18-16(11)14)12-9-15(20)19-17(12)21/h2-4,9-10,18H,5-8H2,1H3,(H,19,20,21). The summed E-state index contributed by atoms with van der Waals surface area (Å²) in [5, 5.41) is 3.07. The highest BCUT2D eigenvalue weighted by Crippen LogP contribution is 2.32. The van der Waals surface area contributed by atoms with Gasteiger partial charge < -0.3 is 19.2 Å². The number of carbonyl (C=O) groups is 2. The fraction of sp³-hybridized carbons (Fsp3) is 0.294. The number of benzene rings is 1. The van der Waals surface area contributed by atoms with Gasteiger partial charge in [-0.05, 0) is 6.07 Å². The van der Waals surface area contributed by atoms with E-state index in [0.29, 0.717) is 43.3 Å². The summed E-state index contributed by atoms with van der Waals surface area (Å²) in [5.41, 5.74) is 1.80. The number of aromatic amines is 1. The van der Waals surface area contributed by atoms with Crippen LogP contribution in [0.15, 0.2) is 30.5 Å². The highest BCUT2D eigenvalue weighted by molar-refractivity contribution is 6.35. The van der Waals surface area contributed by atoms with Gasteiger partial charge in [-0.25, -0.2) is 0 Å².